The summed E-state index contributed by atoms with van der Waals surface area (Å²) in [5.41, 5.74) is 0.765. The van der Waals surface area contributed by atoms with Gasteiger partial charge in [-0.2, -0.15) is 5.10 Å². The molecule has 2 N–H and O–H groups in total. The van der Waals surface area contributed by atoms with Crippen LogP contribution in [0.5, 0.6) is 0 Å². The molecule has 0 saturated heterocycles. The fourth-order valence-corrected chi connectivity index (χ4v) is 1.88. The maximum absolute atomic E-state index is 12.1. The highest BCUT2D eigenvalue weighted by Crippen LogP contribution is 2.06. The summed E-state index contributed by atoms with van der Waals surface area (Å²) in [5, 5.41) is 15.6. The third-order valence-electron chi connectivity index (χ3n) is 2.96. The van der Waals surface area contributed by atoms with Crippen molar-refractivity contribution in [3.63, 3.8) is 0 Å². The zero-order valence-electron chi connectivity index (χ0n) is 11.1. The molecule has 0 fully saturated rings. The van der Waals surface area contributed by atoms with Crippen LogP contribution < -0.4 is 5.32 Å². The van der Waals surface area contributed by atoms with Crippen molar-refractivity contribution >= 4 is 17.5 Å². The van der Waals surface area contributed by atoms with E-state index in [-0.39, 0.29) is 5.69 Å². The van der Waals surface area contributed by atoms with Crippen LogP contribution in [0.3, 0.4) is 0 Å². The maximum atomic E-state index is 12.1. The molecule has 2 heterocycles. The standard InChI is InChI=1S/C13H16N4O3/c1-2-3-5-9(13(19)20)16-12(18)10-8-14-11-6-4-7-15-17(10)11/h4,6-9H,2-3,5H2,1H3,(H,16,18)(H,19,20)/t9-/m1/s1. The third kappa shape index (κ3) is 2.93. The molecule has 1 atom stereocenters. The Bertz CT molecular complexity index is 623. The van der Waals surface area contributed by atoms with Crippen LogP contribution in [0.2, 0.25) is 0 Å². The number of hydrogen-bond donors (Lipinski definition) is 2. The number of amides is 1. The molecule has 0 saturated carbocycles. The van der Waals surface area contributed by atoms with Crippen molar-refractivity contribution in [1.82, 2.24) is 19.9 Å². The molecule has 7 nitrogen and oxygen atoms in total. The van der Waals surface area contributed by atoms with E-state index in [0.29, 0.717) is 12.1 Å². The number of aliphatic carboxylic acids is 1. The number of carboxylic acid groups (broad SMARTS) is 1. The van der Waals surface area contributed by atoms with Gasteiger partial charge in [0.2, 0.25) is 0 Å². The number of aromatic nitrogens is 3. The summed E-state index contributed by atoms with van der Waals surface area (Å²) in [4.78, 5) is 27.3. The molecule has 0 aliphatic carbocycles. The zero-order valence-corrected chi connectivity index (χ0v) is 11.1. The van der Waals surface area contributed by atoms with E-state index in [2.05, 4.69) is 15.4 Å². The number of carbonyl (C=O) groups is 2. The van der Waals surface area contributed by atoms with Crippen LogP contribution in [0, 0.1) is 0 Å². The molecule has 0 aromatic carbocycles. The van der Waals surface area contributed by atoms with Crippen molar-refractivity contribution in [2.75, 3.05) is 0 Å². The lowest BCUT2D eigenvalue weighted by Gasteiger charge is -2.13. The number of nitrogens with zero attached hydrogens (tertiary/aromatic N) is 3. The van der Waals surface area contributed by atoms with Crippen LogP contribution in [0.25, 0.3) is 5.65 Å². The Morgan fingerprint density at radius 1 is 1.50 bits per heavy atom. The van der Waals surface area contributed by atoms with E-state index in [0.717, 1.165) is 12.8 Å². The van der Waals surface area contributed by atoms with Crippen LogP contribution in [0.15, 0.2) is 24.5 Å². The van der Waals surface area contributed by atoms with Crippen LogP contribution in [0.1, 0.15) is 36.7 Å². The zero-order chi connectivity index (χ0) is 14.5. The van der Waals surface area contributed by atoms with E-state index in [1.54, 1.807) is 12.1 Å². The fraction of sp³-hybridized carbons (Fsp3) is 0.385. The van der Waals surface area contributed by atoms with Crippen LogP contribution >= 0.6 is 0 Å². The predicted octanol–water partition coefficient (Wildman–Crippen LogP) is 1.10. The molecule has 7 heteroatoms. The average molecular weight is 276 g/mol. The summed E-state index contributed by atoms with van der Waals surface area (Å²) in [6.45, 7) is 1.97. The normalized spacial score (nSPS) is 12.2. The van der Waals surface area contributed by atoms with Crippen LogP contribution in [0.4, 0.5) is 0 Å². The van der Waals surface area contributed by atoms with E-state index < -0.39 is 17.9 Å². The van der Waals surface area contributed by atoms with Gasteiger partial charge in [-0.15, -0.1) is 0 Å². The minimum absolute atomic E-state index is 0.225. The smallest absolute Gasteiger partial charge is 0.326 e. The van der Waals surface area contributed by atoms with Gasteiger partial charge in [-0.05, 0) is 18.6 Å². The molecule has 2 aromatic heterocycles. The van der Waals surface area contributed by atoms with Gasteiger partial charge in [0.05, 0.1) is 6.20 Å². The van der Waals surface area contributed by atoms with Gasteiger partial charge in [-0.25, -0.2) is 14.3 Å². The minimum Gasteiger partial charge on any atom is -0.480 e. The fourth-order valence-electron chi connectivity index (χ4n) is 1.88. The first-order valence-corrected chi connectivity index (χ1v) is 6.46. The van der Waals surface area contributed by atoms with E-state index in [4.69, 9.17) is 5.11 Å². The van der Waals surface area contributed by atoms with Gasteiger partial charge in [-0.1, -0.05) is 19.8 Å². The number of rotatable bonds is 6. The van der Waals surface area contributed by atoms with E-state index in [1.807, 2.05) is 6.92 Å². The predicted molar refractivity (Wildman–Crippen MR) is 71.4 cm³/mol. The molecule has 20 heavy (non-hydrogen) atoms. The topological polar surface area (TPSA) is 96.6 Å². The quantitative estimate of drug-likeness (QED) is 0.823. The second-order valence-corrected chi connectivity index (χ2v) is 4.44. The monoisotopic (exact) mass is 276 g/mol. The van der Waals surface area contributed by atoms with Gasteiger partial charge < -0.3 is 10.4 Å². The van der Waals surface area contributed by atoms with Crippen molar-refractivity contribution in [3.8, 4) is 0 Å². The van der Waals surface area contributed by atoms with Gasteiger partial charge >= 0.3 is 5.97 Å². The molecule has 2 rings (SSSR count). The number of carbonyl (C=O) groups excluding carboxylic acids is 1. The van der Waals surface area contributed by atoms with Crippen molar-refractivity contribution in [2.24, 2.45) is 0 Å². The second kappa shape index (κ2) is 6.14. The van der Waals surface area contributed by atoms with Crippen molar-refractivity contribution < 1.29 is 14.7 Å². The summed E-state index contributed by atoms with van der Waals surface area (Å²) in [6, 6.07) is 2.54. The molecule has 0 radical (unpaired) electrons. The Morgan fingerprint density at radius 3 is 3.00 bits per heavy atom. The Kier molecular flexibility index (Phi) is 4.29. The Morgan fingerprint density at radius 2 is 2.30 bits per heavy atom. The molecule has 0 aliphatic heterocycles. The van der Waals surface area contributed by atoms with Gasteiger partial charge in [-0.3, -0.25) is 4.79 Å². The molecule has 0 spiro atoms. The Hall–Kier alpha value is -2.44. The SMILES string of the molecule is CCCC[C@@H](NC(=O)c1cnc2cccnn12)C(=O)O. The first-order chi connectivity index (χ1) is 9.63. The number of carboxylic acids is 1. The first kappa shape index (κ1) is 14.0. The summed E-state index contributed by atoms with van der Waals surface area (Å²) in [6.07, 6.45) is 4.94. The lowest BCUT2D eigenvalue weighted by Crippen LogP contribution is -2.41. The number of fused-ring (bicyclic) bond motifs is 1. The summed E-state index contributed by atoms with van der Waals surface area (Å²) < 4.78 is 1.38. The Balaban J connectivity index is 2.16. The van der Waals surface area contributed by atoms with E-state index in [9.17, 15) is 9.59 Å². The highest BCUT2D eigenvalue weighted by molar-refractivity contribution is 5.95. The lowest BCUT2D eigenvalue weighted by atomic mass is 10.1. The van der Waals surface area contributed by atoms with Crippen LogP contribution in [-0.4, -0.2) is 37.6 Å². The molecule has 2 aromatic rings. The summed E-state index contributed by atoms with van der Waals surface area (Å²) >= 11 is 0. The number of unbranched alkanes of at least 4 members (excludes halogenated alkanes) is 1. The molecule has 0 bridgehead atoms. The highest BCUT2D eigenvalue weighted by atomic mass is 16.4. The molecule has 1 amide bonds. The number of hydrogen-bond acceptors (Lipinski definition) is 4. The minimum atomic E-state index is -1.03. The van der Waals surface area contributed by atoms with E-state index >= 15 is 0 Å². The molecule has 0 unspecified atom stereocenters. The largest absolute Gasteiger partial charge is 0.480 e. The van der Waals surface area contributed by atoms with E-state index in [1.165, 1.54) is 16.9 Å². The van der Waals surface area contributed by atoms with Gasteiger partial charge in [0.1, 0.15) is 11.7 Å². The summed E-state index contributed by atoms with van der Waals surface area (Å²) in [5.74, 6) is -1.52. The second-order valence-electron chi connectivity index (χ2n) is 4.44. The maximum Gasteiger partial charge on any atom is 0.326 e. The first-order valence-electron chi connectivity index (χ1n) is 6.46. The van der Waals surface area contributed by atoms with Gasteiger partial charge in [0.15, 0.2) is 5.65 Å². The molecular weight excluding hydrogens is 260 g/mol. The molecular formula is C13H16N4O3. The molecule has 106 valence electrons. The average Bonchev–Trinajstić information content (AvgIpc) is 2.87. The van der Waals surface area contributed by atoms with Crippen molar-refractivity contribution in [1.29, 1.82) is 0 Å². The third-order valence-corrected chi connectivity index (χ3v) is 2.96. The molecule has 0 aliphatic rings. The van der Waals surface area contributed by atoms with Gasteiger partial charge in [0, 0.05) is 6.20 Å². The highest BCUT2D eigenvalue weighted by Gasteiger charge is 2.22. The summed E-state index contributed by atoms with van der Waals surface area (Å²) in [7, 11) is 0. The number of nitrogens with one attached hydrogen (secondary N) is 1. The van der Waals surface area contributed by atoms with Crippen molar-refractivity contribution in [3.05, 3.63) is 30.2 Å². The lowest BCUT2D eigenvalue weighted by molar-refractivity contribution is -0.139. The van der Waals surface area contributed by atoms with Crippen molar-refractivity contribution in [2.45, 2.75) is 32.2 Å². The van der Waals surface area contributed by atoms with Gasteiger partial charge in [0.25, 0.3) is 5.91 Å². The van der Waals surface area contributed by atoms with Crippen LogP contribution in [-0.2, 0) is 4.79 Å². The Labute approximate surface area is 115 Å². The number of imidazole rings is 1.